The van der Waals surface area contributed by atoms with Gasteiger partial charge < -0.3 is 11.1 Å². The van der Waals surface area contributed by atoms with Crippen LogP contribution in [0.15, 0.2) is 46.9 Å². The van der Waals surface area contributed by atoms with E-state index in [1.807, 2.05) is 24.3 Å². The minimum Gasteiger partial charge on any atom is -0.368 e. The number of nitrogens with one attached hydrogen (secondary N) is 1. The van der Waals surface area contributed by atoms with Crippen molar-refractivity contribution in [3.05, 3.63) is 68.1 Å². The average molecular weight is 456 g/mol. The zero-order valence-electron chi connectivity index (χ0n) is 13.8. The molecule has 0 bridgehead atoms. The van der Waals surface area contributed by atoms with Gasteiger partial charge in [-0.15, -0.1) is 0 Å². The molecule has 0 spiro atoms. The summed E-state index contributed by atoms with van der Waals surface area (Å²) in [6, 6.07) is 11.8. The van der Waals surface area contributed by atoms with Gasteiger partial charge in [0.2, 0.25) is 11.8 Å². The van der Waals surface area contributed by atoms with Crippen molar-refractivity contribution in [3.63, 3.8) is 0 Å². The molecule has 0 saturated heterocycles. The lowest BCUT2D eigenvalue weighted by Gasteiger charge is -2.22. The third-order valence-electron chi connectivity index (χ3n) is 4.63. The van der Waals surface area contributed by atoms with Gasteiger partial charge in [-0.1, -0.05) is 57.3 Å². The molecule has 0 unspecified atom stereocenters. The first kappa shape index (κ1) is 19.2. The number of amides is 2. The number of nitrogens with two attached hydrogens (primary N) is 1. The molecule has 7 heteroatoms. The molecular weight excluding hydrogens is 439 g/mol. The van der Waals surface area contributed by atoms with Crippen molar-refractivity contribution in [2.24, 2.45) is 5.73 Å². The van der Waals surface area contributed by atoms with Gasteiger partial charge in [-0.3, -0.25) is 9.59 Å². The molecule has 0 aliphatic heterocycles. The van der Waals surface area contributed by atoms with E-state index in [1.165, 1.54) is 0 Å². The van der Waals surface area contributed by atoms with E-state index < -0.39 is 17.4 Å². The van der Waals surface area contributed by atoms with E-state index in [0.717, 1.165) is 15.6 Å². The Labute approximate surface area is 170 Å². The maximum atomic E-state index is 12.9. The predicted octanol–water partition coefficient (Wildman–Crippen LogP) is 4.00. The molecule has 1 fully saturated rings. The van der Waals surface area contributed by atoms with E-state index >= 15 is 0 Å². The first-order chi connectivity index (χ1) is 12.3. The summed E-state index contributed by atoms with van der Waals surface area (Å²) in [4.78, 5) is 24.8. The summed E-state index contributed by atoms with van der Waals surface area (Å²) in [7, 11) is 0. The van der Waals surface area contributed by atoms with Crippen LogP contribution < -0.4 is 11.1 Å². The SMILES string of the molecule is NC(=O)[C@H](Cc1ccc(Br)cc1)NC(=O)C1(c2ccc(Cl)cc2Cl)CC1. The van der Waals surface area contributed by atoms with Crippen molar-refractivity contribution < 1.29 is 9.59 Å². The molecule has 0 radical (unpaired) electrons. The molecule has 1 atom stereocenters. The predicted molar refractivity (Wildman–Crippen MR) is 106 cm³/mol. The molecule has 2 aromatic rings. The second-order valence-corrected chi connectivity index (χ2v) is 8.22. The normalized spacial score (nSPS) is 16.0. The molecule has 136 valence electrons. The van der Waals surface area contributed by atoms with Gasteiger partial charge in [0.15, 0.2) is 0 Å². The van der Waals surface area contributed by atoms with Gasteiger partial charge >= 0.3 is 0 Å². The summed E-state index contributed by atoms with van der Waals surface area (Å²) in [5.74, 6) is -0.804. The summed E-state index contributed by atoms with van der Waals surface area (Å²) in [6.45, 7) is 0. The third-order valence-corrected chi connectivity index (χ3v) is 5.71. The minimum absolute atomic E-state index is 0.234. The Hall–Kier alpha value is -1.56. The van der Waals surface area contributed by atoms with Gasteiger partial charge in [-0.05, 0) is 48.2 Å². The Morgan fingerprint density at radius 1 is 1.15 bits per heavy atom. The molecule has 1 aliphatic rings. The minimum atomic E-state index is -0.785. The fourth-order valence-electron chi connectivity index (χ4n) is 3.00. The Balaban J connectivity index is 1.77. The van der Waals surface area contributed by atoms with Gasteiger partial charge in [0.25, 0.3) is 0 Å². The quantitative estimate of drug-likeness (QED) is 0.690. The number of primary amides is 1. The molecule has 26 heavy (non-hydrogen) atoms. The number of hydrogen-bond donors (Lipinski definition) is 2. The lowest BCUT2D eigenvalue weighted by Crippen LogP contribution is -2.49. The lowest BCUT2D eigenvalue weighted by molar-refractivity contribution is -0.128. The van der Waals surface area contributed by atoms with Gasteiger partial charge in [0.1, 0.15) is 6.04 Å². The van der Waals surface area contributed by atoms with Crippen LogP contribution in [0.25, 0.3) is 0 Å². The smallest absolute Gasteiger partial charge is 0.240 e. The zero-order chi connectivity index (χ0) is 18.9. The molecule has 2 aromatic carbocycles. The van der Waals surface area contributed by atoms with Gasteiger partial charge in [0, 0.05) is 20.9 Å². The number of carbonyl (C=O) groups is 2. The highest BCUT2D eigenvalue weighted by molar-refractivity contribution is 9.10. The second kappa shape index (κ2) is 7.59. The summed E-state index contributed by atoms with van der Waals surface area (Å²) in [6.07, 6.45) is 1.67. The van der Waals surface area contributed by atoms with E-state index in [2.05, 4.69) is 21.2 Å². The highest BCUT2D eigenvalue weighted by Gasteiger charge is 2.52. The second-order valence-electron chi connectivity index (χ2n) is 6.47. The number of halogens is 3. The topological polar surface area (TPSA) is 72.2 Å². The lowest BCUT2D eigenvalue weighted by atomic mass is 9.94. The fraction of sp³-hybridized carbons (Fsp3) is 0.263. The highest BCUT2D eigenvalue weighted by Crippen LogP contribution is 2.51. The molecule has 3 N–H and O–H groups in total. The molecule has 3 rings (SSSR count). The standard InChI is InChI=1S/C19H17BrCl2N2O2/c20-12-3-1-11(2-4-12)9-16(17(23)25)24-18(26)19(7-8-19)14-6-5-13(21)10-15(14)22/h1-6,10,16H,7-9H2,(H2,23,25)(H,24,26)/t16-/m0/s1. The molecule has 2 amide bonds. The summed E-state index contributed by atoms with van der Waals surface area (Å²) in [5.41, 5.74) is 6.43. The monoisotopic (exact) mass is 454 g/mol. The van der Waals surface area contributed by atoms with Gasteiger partial charge in [0.05, 0.1) is 5.41 Å². The highest BCUT2D eigenvalue weighted by atomic mass is 79.9. The van der Waals surface area contributed by atoms with Gasteiger partial charge in [-0.2, -0.15) is 0 Å². The van der Waals surface area contributed by atoms with Crippen LogP contribution in [0.3, 0.4) is 0 Å². The van der Waals surface area contributed by atoms with Crippen LogP contribution in [-0.4, -0.2) is 17.9 Å². The molecule has 1 aliphatic carbocycles. The van der Waals surface area contributed by atoms with E-state index in [-0.39, 0.29) is 5.91 Å². The molecule has 0 aromatic heterocycles. The summed E-state index contributed by atoms with van der Waals surface area (Å²) < 4.78 is 0.940. The van der Waals surface area contributed by atoms with Crippen molar-refractivity contribution >= 4 is 50.9 Å². The first-order valence-corrected chi connectivity index (χ1v) is 9.67. The molecular formula is C19H17BrCl2N2O2. The largest absolute Gasteiger partial charge is 0.368 e. The van der Waals surface area contributed by atoms with Crippen molar-refractivity contribution in [2.75, 3.05) is 0 Å². The van der Waals surface area contributed by atoms with Crippen LogP contribution in [0.1, 0.15) is 24.0 Å². The molecule has 0 heterocycles. The molecule has 1 saturated carbocycles. The number of benzene rings is 2. The van der Waals surface area contributed by atoms with Crippen molar-refractivity contribution in [2.45, 2.75) is 30.7 Å². The number of carbonyl (C=O) groups excluding carboxylic acids is 2. The Morgan fingerprint density at radius 3 is 2.35 bits per heavy atom. The van der Waals surface area contributed by atoms with Gasteiger partial charge in [-0.25, -0.2) is 0 Å². The van der Waals surface area contributed by atoms with Crippen molar-refractivity contribution in [1.29, 1.82) is 0 Å². The van der Waals surface area contributed by atoms with Crippen molar-refractivity contribution in [3.8, 4) is 0 Å². The van der Waals surface area contributed by atoms with E-state index in [1.54, 1.807) is 18.2 Å². The fourth-order valence-corrected chi connectivity index (χ4v) is 3.85. The Bertz CT molecular complexity index is 851. The average Bonchev–Trinajstić information content (AvgIpc) is 3.37. The van der Waals surface area contributed by atoms with Crippen LogP contribution in [0.4, 0.5) is 0 Å². The van der Waals surface area contributed by atoms with Crippen LogP contribution in [-0.2, 0) is 21.4 Å². The van der Waals surface area contributed by atoms with E-state index in [9.17, 15) is 9.59 Å². The molecule has 4 nitrogen and oxygen atoms in total. The van der Waals surface area contributed by atoms with E-state index in [4.69, 9.17) is 28.9 Å². The summed E-state index contributed by atoms with van der Waals surface area (Å²) in [5, 5.41) is 3.77. The third kappa shape index (κ3) is 4.05. The Morgan fingerprint density at radius 2 is 1.81 bits per heavy atom. The number of hydrogen-bond acceptors (Lipinski definition) is 2. The van der Waals surface area contributed by atoms with Crippen molar-refractivity contribution in [1.82, 2.24) is 5.32 Å². The van der Waals surface area contributed by atoms with Crippen LogP contribution in [0.5, 0.6) is 0 Å². The van der Waals surface area contributed by atoms with Crippen LogP contribution in [0.2, 0.25) is 10.0 Å². The zero-order valence-corrected chi connectivity index (χ0v) is 16.9. The maximum Gasteiger partial charge on any atom is 0.240 e. The maximum absolute atomic E-state index is 12.9. The number of rotatable bonds is 6. The van der Waals surface area contributed by atoms with E-state index in [0.29, 0.717) is 29.3 Å². The summed E-state index contributed by atoms with van der Waals surface area (Å²) >= 11 is 15.6. The Kier molecular flexibility index (Phi) is 5.61. The van der Waals surface area contributed by atoms with Crippen LogP contribution >= 0.6 is 39.1 Å². The van der Waals surface area contributed by atoms with Crippen LogP contribution in [0, 0.1) is 0 Å². The first-order valence-electron chi connectivity index (χ1n) is 8.12.